The first kappa shape index (κ1) is 31.6. The minimum atomic E-state index is -0.315. The molecule has 2 nitrogen and oxygen atoms in total. The van der Waals surface area contributed by atoms with Gasteiger partial charge in [0.1, 0.15) is 23.1 Å². The molecule has 2 aromatic carbocycles. The summed E-state index contributed by atoms with van der Waals surface area (Å²) >= 11 is 1.30. The molecule has 0 heterocycles. The van der Waals surface area contributed by atoms with E-state index in [-0.39, 0.29) is 23.1 Å². The van der Waals surface area contributed by atoms with E-state index in [2.05, 4.69) is 50.1 Å². The van der Waals surface area contributed by atoms with E-state index in [1.807, 2.05) is 12.2 Å². The molecule has 0 bridgehead atoms. The van der Waals surface area contributed by atoms with Gasteiger partial charge >= 0.3 is 28.4 Å². The van der Waals surface area contributed by atoms with E-state index in [0.29, 0.717) is 17.0 Å². The van der Waals surface area contributed by atoms with Crippen LogP contribution < -0.4 is 0 Å². The van der Waals surface area contributed by atoms with Gasteiger partial charge in [-0.05, 0) is 61.4 Å². The van der Waals surface area contributed by atoms with E-state index in [9.17, 15) is 8.78 Å². The Balaban J connectivity index is 0.000000424. The summed E-state index contributed by atoms with van der Waals surface area (Å²) in [6, 6.07) is 7.70. The van der Waals surface area contributed by atoms with Gasteiger partial charge in [-0.15, -0.1) is 13.3 Å². The van der Waals surface area contributed by atoms with Gasteiger partial charge in [0.2, 0.25) is 0 Å². The molecule has 0 amide bonds. The number of phenolic OH excluding ortho intramolecular Hbond substituents is 2. The zero-order valence-electron chi connectivity index (χ0n) is 20.8. The Labute approximate surface area is 218 Å². The second-order valence-corrected chi connectivity index (χ2v) is 7.66. The summed E-state index contributed by atoms with van der Waals surface area (Å²) in [5.41, 5.74) is 5.38. The molecule has 0 spiro atoms. The fourth-order valence-corrected chi connectivity index (χ4v) is 2.74. The molecule has 0 fully saturated rings. The van der Waals surface area contributed by atoms with E-state index >= 15 is 0 Å². The molecule has 2 aromatic rings. The number of aromatic hydroxyl groups is 2. The molecule has 1 atom stereocenters. The SMILES string of the molecule is CC1=[C-]C(C)C(C)=C1C.Cc1cc(F)ccc1O.Cc1cc(F)ccc1O.[C-]1=CC=CC1.[CH2]=[Zr+2]. The van der Waals surface area contributed by atoms with Crippen LogP contribution in [-0.4, -0.2) is 14.4 Å². The van der Waals surface area contributed by atoms with E-state index in [4.69, 9.17) is 10.2 Å². The van der Waals surface area contributed by atoms with Gasteiger partial charge in [0.15, 0.2) is 0 Å². The second-order valence-electron chi connectivity index (χ2n) is 7.66. The van der Waals surface area contributed by atoms with Gasteiger partial charge in [-0.1, -0.05) is 26.7 Å². The Bertz CT molecular complexity index is 977. The monoisotopic (exact) mass is 542 g/mol. The second kappa shape index (κ2) is 17.1. The van der Waals surface area contributed by atoms with Crippen LogP contribution >= 0.6 is 0 Å². The van der Waals surface area contributed by atoms with Crippen LogP contribution in [0.15, 0.2) is 71.3 Å². The molecule has 0 saturated heterocycles. The Morgan fingerprint density at radius 2 is 1.35 bits per heavy atom. The first-order chi connectivity index (χ1) is 16.0. The van der Waals surface area contributed by atoms with Crippen molar-refractivity contribution in [3.05, 3.63) is 106 Å². The number of phenols is 2. The molecule has 0 aliphatic heterocycles. The predicted octanol–water partition coefficient (Wildman–Crippen LogP) is 7.67. The molecule has 4 rings (SSSR count). The normalized spacial score (nSPS) is 15.0. The van der Waals surface area contributed by atoms with E-state index in [1.54, 1.807) is 13.8 Å². The summed E-state index contributed by atoms with van der Waals surface area (Å²) in [5.74, 6) is 0.202. The first-order valence-electron chi connectivity index (χ1n) is 10.8. The van der Waals surface area contributed by atoms with Crippen molar-refractivity contribution in [2.45, 2.75) is 48.0 Å². The number of halogens is 2. The Hall–Kier alpha value is -2.39. The van der Waals surface area contributed by atoms with Crippen LogP contribution in [0.25, 0.3) is 0 Å². The number of allylic oxidation sites excluding steroid dienone is 8. The van der Waals surface area contributed by atoms with E-state index < -0.39 is 0 Å². The summed E-state index contributed by atoms with van der Waals surface area (Å²) in [4.78, 5) is 0. The van der Waals surface area contributed by atoms with Gasteiger partial charge in [0.05, 0.1) is 0 Å². The molecule has 5 heteroatoms. The average Bonchev–Trinajstić information content (AvgIpc) is 3.46. The van der Waals surface area contributed by atoms with Gasteiger partial charge in [-0.25, -0.2) is 26.5 Å². The van der Waals surface area contributed by atoms with Crippen molar-refractivity contribution in [2.75, 3.05) is 0 Å². The molecular formula is C29H34F2O2Zr. The molecule has 2 aliphatic carbocycles. The number of hydrogen-bond donors (Lipinski definition) is 2. The zero-order chi connectivity index (χ0) is 26.3. The molecule has 180 valence electrons. The fourth-order valence-electron chi connectivity index (χ4n) is 2.74. The van der Waals surface area contributed by atoms with Gasteiger partial charge < -0.3 is 10.2 Å². The summed E-state index contributed by atoms with van der Waals surface area (Å²) in [6.45, 7) is 12.0. The summed E-state index contributed by atoms with van der Waals surface area (Å²) in [6.07, 6.45) is 13.4. The van der Waals surface area contributed by atoms with Crippen LogP contribution in [0.5, 0.6) is 11.5 Å². The standard InChI is InChI=1S/C9H13.2C7H7FO.C5H5.CH2.Zr/c1-6-5-7(2)9(4)8(6)3;2*1-5-4-6(8)2-3-7(5)9;1-2-4-5-3-1;;/h6H,1-4H3;2*2-4,9H,1H3;1-3H,4H2;1H2;/q-1;;;-1;;+2. The van der Waals surface area contributed by atoms with Crippen molar-refractivity contribution in [3.8, 4) is 11.5 Å². The predicted molar refractivity (Wildman–Crippen MR) is 134 cm³/mol. The van der Waals surface area contributed by atoms with Crippen LogP contribution in [0.3, 0.4) is 0 Å². The van der Waals surface area contributed by atoms with Crippen LogP contribution in [0.4, 0.5) is 8.78 Å². The molecule has 2 N–H and O–H groups in total. The van der Waals surface area contributed by atoms with Crippen molar-refractivity contribution in [2.24, 2.45) is 5.92 Å². The van der Waals surface area contributed by atoms with E-state index in [0.717, 1.165) is 6.42 Å². The molecular weight excluding hydrogens is 510 g/mol. The quantitative estimate of drug-likeness (QED) is 0.335. The maximum absolute atomic E-state index is 12.2. The Morgan fingerprint density at radius 1 is 0.882 bits per heavy atom. The summed E-state index contributed by atoms with van der Waals surface area (Å²) in [5, 5.41) is 17.8. The van der Waals surface area contributed by atoms with Crippen LogP contribution in [-0.2, 0) is 24.2 Å². The fraction of sp³-hybridized carbons (Fsp3) is 0.276. The number of benzene rings is 2. The van der Waals surface area contributed by atoms with Crippen LogP contribution in [0.1, 0.15) is 45.2 Å². The summed E-state index contributed by atoms with van der Waals surface area (Å²) < 4.78 is 27.8. The number of aryl methyl sites for hydroxylation is 2. The van der Waals surface area contributed by atoms with Gasteiger partial charge in [-0.3, -0.25) is 12.2 Å². The maximum atomic E-state index is 12.2. The molecule has 0 saturated carbocycles. The van der Waals surface area contributed by atoms with E-state index in [1.165, 1.54) is 77.4 Å². The van der Waals surface area contributed by atoms with Crippen molar-refractivity contribution < 1.29 is 43.2 Å². The van der Waals surface area contributed by atoms with Gasteiger partial charge in [0.25, 0.3) is 0 Å². The average molecular weight is 544 g/mol. The molecule has 2 aliphatic rings. The van der Waals surface area contributed by atoms with Crippen molar-refractivity contribution in [1.29, 1.82) is 0 Å². The van der Waals surface area contributed by atoms with Crippen molar-refractivity contribution >= 4 is 4.21 Å². The molecule has 34 heavy (non-hydrogen) atoms. The van der Waals surface area contributed by atoms with Gasteiger partial charge in [0, 0.05) is 0 Å². The third-order valence-electron chi connectivity index (χ3n) is 5.14. The molecule has 1 unspecified atom stereocenters. The minimum absolute atomic E-state index is 0.136. The third-order valence-corrected chi connectivity index (χ3v) is 5.14. The summed E-state index contributed by atoms with van der Waals surface area (Å²) in [7, 11) is 0. The van der Waals surface area contributed by atoms with Crippen molar-refractivity contribution in [3.63, 3.8) is 0 Å². The van der Waals surface area contributed by atoms with Crippen LogP contribution in [0, 0.1) is 43.6 Å². The topological polar surface area (TPSA) is 40.5 Å². The van der Waals surface area contributed by atoms with Crippen molar-refractivity contribution in [1.82, 2.24) is 0 Å². The Kier molecular flexibility index (Phi) is 15.9. The number of hydrogen-bond acceptors (Lipinski definition) is 2. The van der Waals surface area contributed by atoms with Crippen LogP contribution in [0.2, 0.25) is 0 Å². The molecule has 0 aromatic heterocycles. The zero-order valence-corrected chi connectivity index (χ0v) is 23.3. The Morgan fingerprint density at radius 3 is 1.53 bits per heavy atom. The first-order valence-corrected chi connectivity index (χ1v) is 12.5. The molecule has 0 radical (unpaired) electrons. The number of rotatable bonds is 0. The van der Waals surface area contributed by atoms with Gasteiger partial charge in [-0.2, -0.15) is 17.2 Å². The third kappa shape index (κ3) is 12.2.